The molecule has 1 amide bonds. The van der Waals surface area contributed by atoms with Crippen molar-refractivity contribution >= 4 is 17.3 Å². The van der Waals surface area contributed by atoms with Gasteiger partial charge >= 0.3 is 0 Å². The predicted molar refractivity (Wildman–Crippen MR) is 71.8 cm³/mol. The van der Waals surface area contributed by atoms with Gasteiger partial charge in [0.15, 0.2) is 0 Å². The molecule has 0 radical (unpaired) electrons. The average Bonchev–Trinajstić information content (AvgIpc) is 2.47. The van der Waals surface area contributed by atoms with Crippen molar-refractivity contribution in [3.8, 4) is 5.75 Å². The first-order chi connectivity index (χ1) is 10.0. The molecule has 108 valence electrons. The van der Waals surface area contributed by atoms with E-state index in [1.165, 1.54) is 37.6 Å². The van der Waals surface area contributed by atoms with E-state index >= 15 is 0 Å². The maximum absolute atomic E-state index is 13.4. The Kier molecular flexibility index (Phi) is 4.07. The van der Waals surface area contributed by atoms with Crippen LogP contribution in [0.5, 0.6) is 5.75 Å². The van der Waals surface area contributed by atoms with E-state index < -0.39 is 16.8 Å². The van der Waals surface area contributed by atoms with Crippen LogP contribution >= 0.6 is 0 Å². The Morgan fingerprint density at radius 3 is 2.81 bits per heavy atom. The van der Waals surface area contributed by atoms with Crippen LogP contribution in [-0.2, 0) is 0 Å². The summed E-state index contributed by atoms with van der Waals surface area (Å²) in [6.45, 7) is 0. The molecule has 1 heterocycles. The molecular formula is C13H10FN3O4. The quantitative estimate of drug-likeness (QED) is 0.530. The second kappa shape index (κ2) is 5.95. The van der Waals surface area contributed by atoms with Crippen molar-refractivity contribution in [2.24, 2.45) is 0 Å². The molecular weight excluding hydrogens is 281 g/mol. The fourth-order valence-electron chi connectivity index (χ4n) is 1.65. The summed E-state index contributed by atoms with van der Waals surface area (Å²) in [4.78, 5) is 25.5. The Morgan fingerprint density at radius 1 is 1.43 bits per heavy atom. The monoisotopic (exact) mass is 291 g/mol. The number of hydrogen-bond acceptors (Lipinski definition) is 5. The number of nitrogens with one attached hydrogen (secondary N) is 1. The van der Waals surface area contributed by atoms with Gasteiger partial charge in [0, 0.05) is 18.3 Å². The summed E-state index contributed by atoms with van der Waals surface area (Å²) in [6.07, 6.45) is 1.21. The number of rotatable bonds is 4. The minimum absolute atomic E-state index is 0.0694. The minimum Gasteiger partial charge on any atom is -0.495 e. The zero-order chi connectivity index (χ0) is 15.4. The summed E-state index contributed by atoms with van der Waals surface area (Å²) in [5.41, 5.74) is -0.427. The van der Waals surface area contributed by atoms with Gasteiger partial charge in [0.1, 0.15) is 5.75 Å². The molecule has 0 aliphatic heterocycles. The number of nitrogens with zero attached hydrogens (tertiary/aromatic N) is 2. The minimum atomic E-state index is -0.931. The van der Waals surface area contributed by atoms with Gasteiger partial charge in [-0.1, -0.05) is 0 Å². The van der Waals surface area contributed by atoms with Crippen molar-refractivity contribution in [2.45, 2.75) is 0 Å². The number of aromatic nitrogens is 1. The van der Waals surface area contributed by atoms with Crippen LogP contribution in [0.2, 0.25) is 0 Å². The maximum atomic E-state index is 13.4. The lowest BCUT2D eigenvalue weighted by Gasteiger charge is -2.10. The highest BCUT2D eigenvalue weighted by atomic mass is 19.1. The molecule has 0 saturated carbocycles. The fraction of sp³-hybridized carbons (Fsp3) is 0.0769. The first-order valence-corrected chi connectivity index (χ1v) is 5.77. The highest BCUT2D eigenvalue weighted by Crippen LogP contribution is 2.29. The van der Waals surface area contributed by atoms with Gasteiger partial charge in [-0.05, 0) is 18.2 Å². The summed E-state index contributed by atoms with van der Waals surface area (Å²) < 4.78 is 18.4. The Hall–Kier alpha value is -3.03. The van der Waals surface area contributed by atoms with Crippen LogP contribution in [0, 0.1) is 16.1 Å². The van der Waals surface area contributed by atoms with Crippen LogP contribution < -0.4 is 10.1 Å². The van der Waals surface area contributed by atoms with E-state index in [2.05, 4.69) is 10.3 Å². The summed E-state index contributed by atoms with van der Waals surface area (Å²) >= 11 is 0. The number of benzene rings is 1. The van der Waals surface area contributed by atoms with Gasteiger partial charge in [-0.15, -0.1) is 0 Å². The lowest BCUT2D eigenvalue weighted by atomic mass is 10.2. The highest BCUT2D eigenvalue weighted by molar-refractivity contribution is 6.05. The molecule has 0 spiro atoms. The van der Waals surface area contributed by atoms with Crippen molar-refractivity contribution in [2.75, 3.05) is 12.4 Å². The second-order valence-corrected chi connectivity index (χ2v) is 3.94. The van der Waals surface area contributed by atoms with Crippen LogP contribution in [0.1, 0.15) is 10.4 Å². The number of carbonyl (C=O) groups excluding carboxylic acids is 1. The Bertz CT molecular complexity index is 706. The van der Waals surface area contributed by atoms with Crippen LogP contribution in [0.3, 0.4) is 0 Å². The lowest BCUT2D eigenvalue weighted by molar-refractivity contribution is -0.384. The van der Waals surface area contributed by atoms with Crippen LogP contribution in [0.25, 0.3) is 0 Å². The lowest BCUT2D eigenvalue weighted by Crippen LogP contribution is -2.15. The number of non-ortho nitro benzene ring substituents is 1. The number of methoxy groups -OCH3 is 1. The van der Waals surface area contributed by atoms with Gasteiger partial charge in [0.05, 0.1) is 23.3 Å². The summed E-state index contributed by atoms with van der Waals surface area (Å²) in [6, 6.07) is 6.36. The SMILES string of the molecule is COc1ccc([N+](=O)[O-])cc1NC(=O)c1cccnc1F. The molecule has 8 heteroatoms. The number of hydrogen-bond donors (Lipinski definition) is 1. The number of amides is 1. The third-order valence-corrected chi connectivity index (χ3v) is 2.65. The van der Waals surface area contributed by atoms with Crippen molar-refractivity contribution in [3.05, 3.63) is 58.2 Å². The molecule has 0 fully saturated rings. The van der Waals surface area contributed by atoms with Crippen LogP contribution in [-0.4, -0.2) is 22.9 Å². The largest absolute Gasteiger partial charge is 0.495 e. The molecule has 21 heavy (non-hydrogen) atoms. The molecule has 7 nitrogen and oxygen atoms in total. The topological polar surface area (TPSA) is 94.4 Å². The second-order valence-electron chi connectivity index (χ2n) is 3.94. The normalized spacial score (nSPS) is 10.0. The number of anilines is 1. The van der Waals surface area contributed by atoms with Crippen molar-refractivity contribution in [3.63, 3.8) is 0 Å². The summed E-state index contributed by atoms with van der Waals surface area (Å²) in [5.74, 6) is -1.49. The van der Waals surface area contributed by atoms with E-state index in [0.29, 0.717) is 0 Å². The molecule has 2 aromatic rings. The zero-order valence-electron chi connectivity index (χ0n) is 10.9. The Labute approximate surface area is 118 Å². The average molecular weight is 291 g/mol. The third kappa shape index (κ3) is 3.11. The van der Waals surface area contributed by atoms with Crippen molar-refractivity contribution in [1.82, 2.24) is 4.98 Å². The predicted octanol–water partition coefficient (Wildman–Crippen LogP) is 2.39. The van der Waals surface area contributed by atoms with Gasteiger partial charge in [0.2, 0.25) is 5.95 Å². The third-order valence-electron chi connectivity index (χ3n) is 2.65. The van der Waals surface area contributed by atoms with E-state index in [-0.39, 0.29) is 22.7 Å². The molecule has 1 aromatic carbocycles. The zero-order valence-corrected chi connectivity index (χ0v) is 10.9. The van der Waals surface area contributed by atoms with Gasteiger partial charge in [-0.2, -0.15) is 4.39 Å². The molecule has 0 aliphatic rings. The number of nitro benzene ring substituents is 1. The summed E-state index contributed by atoms with van der Waals surface area (Å²) in [5, 5.41) is 13.1. The van der Waals surface area contributed by atoms with E-state index in [0.717, 1.165) is 6.07 Å². The van der Waals surface area contributed by atoms with E-state index in [1.807, 2.05) is 0 Å². The van der Waals surface area contributed by atoms with E-state index in [1.54, 1.807) is 0 Å². The maximum Gasteiger partial charge on any atom is 0.271 e. The number of ether oxygens (including phenoxy) is 1. The number of halogens is 1. The molecule has 1 aromatic heterocycles. The van der Waals surface area contributed by atoms with Gasteiger partial charge < -0.3 is 10.1 Å². The highest BCUT2D eigenvalue weighted by Gasteiger charge is 2.17. The molecule has 2 rings (SSSR count). The van der Waals surface area contributed by atoms with Gasteiger partial charge in [-0.3, -0.25) is 14.9 Å². The van der Waals surface area contributed by atoms with Crippen molar-refractivity contribution in [1.29, 1.82) is 0 Å². The van der Waals surface area contributed by atoms with E-state index in [9.17, 15) is 19.3 Å². The standard InChI is InChI=1S/C13H10FN3O4/c1-21-11-5-4-8(17(19)20)7-10(11)16-13(18)9-3-2-6-15-12(9)14/h2-7H,1H3,(H,16,18). The molecule has 0 saturated heterocycles. The fourth-order valence-corrected chi connectivity index (χ4v) is 1.65. The van der Waals surface area contributed by atoms with Crippen LogP contribution in [0.15, 0.2) is 36.5 Å². The molecule has 0 bridgehead atoms. The molecule has 1 N–H and O–H groups in total. The number of pyridine rings is 1. The molecule has 0 atom stereocenters. The molecule has 0 unspecified atom stereocenters. The van der Waals surface area contributed by atoms with Gasteiger partial charge in [-0.25, -0.2) is 4.98 Å². The van der Waals surface area contributed by atoms with E-state index in [4.69, 9.17) is 4.74 Å². The van der Waals surface area contributed by atoms with Crippen molar-refractivity contribution < 1.29 is 18.8 Å². The number of carbonyl (C=O) groups is 1. The smallest absolute Gasteiger partial charge is 0.271 e. The summed E-state index contributed by atoms with van der Waals surface area (Å²) in [7, 11) is 1.35. The first-order valence-electron chi connectivity index (χ1n) is 5.77. The molecule has 0 aliphatic carbocycles. The first kappa shape index (κ1) is 14.4. The van der Waals surface area contributed by atoms with Gasteiger partial charge in [0.25, 0.3) is 11.6 Å². The Morgan fingerprint density at radius 2 is 2.19 bits per heavy atom. The Balaban J connectivity index is 2.34. The number of nitro groups is 1. The van der Waals surface area contributed by atoms with Crippen LogP contribution in [0.4, 0.5) is 15.8 Å².